The van der Waals surface area contributed by atoms with Crippen LogP contribution in [0.1, 0.15) is 12.8 Å². The van der Waals surface area contributed by atoms with Gasteiger partial charge >= 0.3 is 0 Å². The van der Waals surface area contributed by atoms with E-state index >= 15 is 0 Å². The molecule has 1 aliphatic rings. The van der Waals surface area contributed by atoms with Crippen molar-refractivity contribution in [2.45, 2.75) is 12.8 Å². The van der Waals surface area contributed by atoms with Gasteiger partial charge < -0.3 is 10.2 Å². The van der Waals surface area contributed by atoms with Crippen LogP contribution in [0.15, 0.2) is 22.7 Å². The van der Waals surface area contributed by atoms with Crippen molar-refractivity contribution in [3.8, 4) is 0 Å². The topological polar surface area (TPSA) is 15.3 Å². The SMILES string of the molecule is CN1CCCC(CNc2ccc(F)c(Br)c2)C1. The van der Waals surface area contributed by atoms with Gasteiger partial charge in [-0.05, 0) is 66.5 Å². The van der Waals surface area contributed by atoms with Crippen molar-refractivity contribution in [3.63, 3.8) is 0 Å². The standard InChI is InChI=1S/C13H18BrFN2/c1-17-6-2-3-10(9-17)8-16-11-4-5-13(15)12(14)7-11/h4-5,7,10,16H,2-3,6,8-9H2,1H3. The average Bonchev–Trinajstić information content (AvgIpc) is 2.31. The zero-order valence-corrected chi connectivity index (χ0v) is 11.6. The van der Waals surface area contributed by atoms with Crippen LogP contribution >= 0.6 is 15.9 Å². The molecule has 1 unspecified atom stereocenters. The van der Waals surface area contributed by atoms with Gasteiger partial charge in [-0.1, -0.05) is 0 Å². The summed E-state index contributed by atoms with van der Waals surface area (Å²) in [4.78, 5) is 2.37. The van der Waals surface area contributed by atoms with Crippen LogP contribution in [0.4, 0.5) is 10.1 Å². The minimum Gasteiger partial charge on any atom is -0.385 e. The fourth-order valence-corrected chi connectivity index (χ4v) is 2.69. The quantitative estimate of drug-likeness (QED) is 0.921. The first kappa shape index (κ1) is 12.8. The van der Waals surface area contributed by atoms with Gasteiger partial charge in [-0.3, -0.25) is 0 Å². The number of piperidine rings is 1. The van der Waals surface area contributed by atoms with Crippen LogP contribution in [0.3, 0.4) is 0 Å². The fraction of sp³-hybridized carbons (Fsp3) is 0.538. The maximum Gasteiger partial charge on any atom is 0.137 e. The van der Waals surface area contributed by atoms with E-state index in [9.17, 15) is 4.39 Å². The molecule has 0 spiro atoms. The monoisotopic (exact) mass is 300 g/mol. The molecule has 1 saturated heterocycles. The van der Waals surface area contributed by atoms with Gasteiger partial charge in [0.2, 0.25) is 0 Å². The van der Waals surface area contributed by atoms with Crippen molar-refractivity contribution in [2.75, 3.05) is 32.0 Å². The zero-order chi connectivity index (χ0) is 12.3. The first-order chi connectivity index (χ1) is 8.15. The Labute approximate surface area is 110 Å². The molecular weight excluding hydrogens is 283 g/mol. The highest BCUT2D eigenvalue weighted by Gasteiger charge is 2.16. The molecule has 0 radical (unpaired) electrons. The molecule has 17 heavy (non-hydrogen) atoms. The van der Waals surface area contributed by atoms with Crippen LogP contribution in [0.5, 0.6) is 0 Å². The molecule has 0 bridgehead atoms. The van der Waals surface area contributed by atoms with Crippen molar-refractivity contribution in [1.82, 2.24) is 4.90 Å². The molecule has 1 fully saturated rings. The summed E-state index contributed by atoms with van der Waals surface area (Å²) in [6.45, 7) is 3.32. The summed E-state index contributed by atoms with van der Waals surface area (Å²) in [5, 5.41) is 3.38. The molecule has 1 aromatic rings. The third-order valence-electron chi connectivity index (χ3n) is 3.24. The molecular formula is C13H18BrFN2. The summed E-state index contributed by atoms with van der Waals surface area (Å²) in [5.74, 6) is 0.477. The Morgan fingerprint density at radius 1 is 1.53 bits per heavy atom. The highest BCUT2D eigenvalue weighted by atomic mass is 79.9. The molecule has 1 heterocycles. The predicted molar refractivity (Wildman–Crippen MR) is 72.8 cm³/mol. The first-order valence-corrected chi connectivity index (χ1v) is 6.82. The Morgan fingerprint density at radius 3 is 3.06 bits per heavy atom. The second kappa shape index (κ2) is 5.83. The van der Waals surface area contributed by atoms with Gasteiger partial charge in [-0.15, -0.1) is 0 Å². The van der Waals surface area contributed by atoms with Crippen LogP contribution in [0.2, 0.25) is 0 Å². The third-order valence-corrected chi connectivity index (χ3v) is 3.84. The molecule has 0 saturated carbocycles. The van der Waals surface area contributed by atoms with Crippen molar-refractivity contribution in [2.24, 2.45) is 5.92 Å². The van der Waals surface area contributed by atoms with Gasteiger partial charge in [0.15, 0.2) is 0 Å². The number of nitrogens with one attached hydrogen (secondary N) is 1. The Hall–Kier alpha value is -0.610. The summed E-state index contributed by atoms with van der Waals surface area (Å²) in [5.41, 5.74) is 0.978. The molecule has 94 valence electrons. The highest BCUT2D eigenvalue weighted by Crippen LogP contribution is 2.21. The van der Waals surface area contributed by atoms with E-state index < -0.39 is 0 Å². The molecule has 2 rings (SSSR count). The molecule has 1 N–H and O–H groups in total. The van der Waals surface area contributed by atoms with Gasteiger partial charge in [-0.2, -0.15) is 0 Å². The van der Waals surface area contributed by atoms with E-state index in [2.05, 4.69) is 33.2 Å². The molecule has 1 aliphatic heterocycles. The van der Waals surface area contributed by atoms with Gasteiger partial charge in [0, 0.05) is 18.8 Å². The van der Waals surface area contributed by atoms with Gasteiger partial charge in [0.1, 0.15) is 5.82 Å². The lowest BCUT2D eigenvalue weighted by Gasteiger charge is -2.30. The first-order valence-electron chi connectivity index (χ1n) is 6.02. The normalized spacial score (nSPS) is 21.5. The molecule has 0 aromatic heterocycles. The number of anilines is 1. The fourth-order valence-electron chi connectivity index (χ4n) is 2.31. The Bertz CT molecular complexity index is 384. The van der Waals surface area contributed by atoms with Crippen LogP contribution in [0.25, 0.3) is 0 Å². The number of hydrogen-bond donors (Lipinski definition) is 1. The summed E-state index contributed by atoms with van der Waals surface area (Å²) in [6, 6.07) is 5.06. The van der Waals surface area contributed by atoms with E-state index in [-0.39, 0.29) is 5.82 Å². The smallest absolute Gasteiger partial charge is 0.137 e. The number of hydrogen-bond acceptors (Lipinski definition) is 2. The molecule has 4 heteroatoms. The van der Waals surface area contributed by atoms with Crippen LogP contribution < -0.4 is 5.32 Å². The lowest BCUT2D eigenvalue weighted by molar-refractivity contribution is 0.217. The van der Waals surface area contributed by atoms with E-state index in [0.29, 0.717) is 10.4 Å². The summed E-state index contributed by atoms with van der Waals surface area (Å²) in [6.07, 6.45) is 2.55. The molecule has 1 atom stereocenters. The van der Waals surface area contributed by atoms with Gasteiger partial charge in [-0.25, -0.2) is 4.39 Å². The van der Waals surface area contributed by atoms with Gasteiger partial charge in [0.25, 0.3) is 0 Å². The third kappa shape index (κ3) is 3.68. The molecule has 0 amide bonds. The van der Waals surface area contributed by atoms with Crippen LogP contribution in [-0.2, 0) is 0 Å². The molecule has 0 aliphatic carbocycles. The van der Waals surface area contributed by atoms with Crippen LogP contribution in [0, 0.1) is 11.7 Å². The van der Waals surface area contributed by atoms with E-state index in [1.807, 2.05) is 0 Å². The molecule has 1 aromatic carbocycles. The van der Waals surface area contributed by atoms with Crippen molar-refractivity contribution in [1.29, 1.82) is 0 Å². The predicted octanol–water partition coefficient (Wildman–Crippen LogP) is 3.34. The van der Waals surface area contributed by atoms with Crippen molar-refractivity contribution < 1.29 is 4.39 Å². The summed E-state index contributed by atoms with van der Waals surface area (Å²) < 4.78 is 13.6. The summed E-state index contributed by atoms with van der Waals surface area (Å²) >= 11 is 3.20. The lowest BCUT2D eigenvalue weighted by atomic mass is 9.98. The Morgan fingerprint density at radius 2 is 2.35 bits per heavy atom. The summed E-state index contributed by atoms with van der Waals surface area (Å²) in [7, 11) is 2.17. The largest absolute Gasteiger partial charge is 0.385 e. The number of likely N-dealkylation sites (tertiary alicyclic amines) is 1. The minimum absolute atomic E-state index is 0.215. The Kier molecular flexibility index (Phi) is 4.40. The van der Waals surface area contributed by atoms with Crippen molar-refractivity contribution in [3.05, 3.63) is 28.5 Å². The van der Waals surface area contributed by atoms with Gasteiger partial charge in [0.05, 0.1) is 4.47 Å². The molecule has 2 nitrogen and oxygen atoms in total. The lowest BCUT2D eigenvalue weighted by Crippen LogP contribution is -2.35. The average molecular weight is 301 g/mol. The second-order valence-electron chi connectivity index (χ2n) is 4.78. The highest BCUT2D eigenvalue weighted by molar-refractivity contribution is 9.10. The minimum atomic E-state index is -0.215. The van der Waals surface area contributed by atoms with E-state index in [4.69, 9.17) is 0 Å². The van der Waals surface area contributed by atoms with E-state index in [1.54, 1.807) is 12.1 Å². The Balaban J connectivity index is 1.86. The zero-order valence-electron chi connectivity index (χ0n) is 10.0. The number of halogens is 2. The number of nitrogens with zero attached hydrogens (tertiary/aromatic N) is 1. The van der Waals surface area contributed by atoms with E-state index in [1.165, 1.54) is 25.5 Å². The maximum atomic E-state index is 13.1. The number of benzene rings is 1. The van der Waals surface area contributed by atoms with E-state index in [0.717, 1.165) is 18.8 Å². The van der Waals surface area contributed by atoms with Crippen molar-refractivity contribution >= 4 is 21.6 Å². The second-order valence-corrected chi connectivity index (χ2v) is 5.63. The number of rotatable bonds is 3. The van der Waals surface area contributed by atoms with Crippen LogP contribution in [-0.4, -0.2) is 31.6 Å². The maximum absolute atomic E-state index is 13.1.